The Bertz CT molecular complexity index is 3500. The summed E-state index contributed by atoms with van der Waals surface area (Å²) in [5.74, 6) is 0. The van der Waals surface area contributed by atoms with Crippen molar-refractivity contribution >= 4 is 43.1 Å². The SMILES string of the molecule is CC1(C)c2ccccc2-c2cc(-c3c4ccccc4c(-c4ccc5c(c4)-c4ccccc4C5(C)C)c4cc5c(cc34)-c3cccc4c3c-5cc3ccccc34)ccc21. The van der Waals surface area contributed by atoms with Crippen molar-refractivity contribution in [2.24, 2.45) is 0 Å². The zero-order valence-corrected chi connectivity index (χ0v) is 33.2. The van der Waals surface area contributed by atoms with Crippen molar-refractivity contribution in [2.45, 2.75) is 38.5 Å². The molecule has 0 aliphatic heterocycles. The molecule has 0 radical (unpaired) electrons. The lowest BCUT2D eigenvalue weighted by Crippen LogP contribution is -2.14. The van der Waals surface area contributed by atoms with E-state index >= 15 is 0 Å². The molecule has 0 unspecified atom stereocenters. The average Bonchev–Trinajstić information content (AvgIpc) is 3.78. The van der Waals surface area contributed by atoms with Gasteiger partial charge in [-0.25, -0.2) is 0 Å². The van der Waals surface area contributed by atoms with E-state index in [0.717, 1.165) is 0 Å². The van der Waals surface area contributed by atoms with Gasteiger partial charge in [0.15, 0.2) is 0 Å². The van der Waals surface area contributed by atoms with E-state index in [1.54, 1.807) is 0 Å². The van der Waals surface area contributed by atoms with E-state index in [1.165, 1.54) is 132 Å². The van der Waals surface area contributed by atoms with Crippen LogP contribution in [0.25, 0.3) is 110 Å². The average molecular weight is 737 g/mol. The van der Waals surface area contributed by atoms with E-state index < -0.39 is 0 Å². The van der Waals surface area contributed by atoms with Gasteiger partial charge in [0.05, 0.1) is 0 Å². The molecule has 0 heterocycles. The van der Waals surface area contributed by atoms with Crippen molar-refractivity contribution in [1.29, 1.82) is 0 Å². The zero-order chi connectivity index (χ0) is 38.7. The van der Waals surface area contributed by atoms with Gasteiger partial charge in [-0.2, -0.15) is 0 Å². The topological polar surface area (TPSA) is 0 Å². The Morgan fingerprint density at radius 3 is 1.31 bits per heavy atom. The predicted molar refractivity (Wildman–Crippen MR) is 247 cm³/mol. The molecule has 0 aromatic heterocycles. The predicted octanol–water partition coefficient (Wildman–Crippen LogP) is 15.9. The highest BCUT2D eigenvalue weighted by Crippen LogP contribution is 2.56. The van der Waals surface area contributed by atoms with Gasteiger partial charge in [0.25, 0.3) is 0 Å². The summed E-state index contributed by atoms with van der Waals surface area (Å²) < 4.78 is 0. The monoisotopic (exact) mass is 736 g/mol. The normalized spacial score (nSPS) is 14.8. The fourth-order valence-electron chi connectivity index (χ4n) is 11.6. The van der Waals surface area contributed by atoms with Crippen LogP contribution in [0.4, 0.5) is 0 Å². The second-order valence-corrected chi connectivity index (χ2v) is 18.0. The maximum Gasteiger partial charge on any atom is 0.0158 e. The molecule has 13 rings (SSSR count). The van der Waals surface area contributed by atoms with Crippen molar-refractivity contribution in [3.63, 3.8) is 0 Å². The van der Waals surface area contributed by atoms with E-state index in [2.05, 4.69) is 198 Å². The van der Waals surface area contributed by atoms with Gasteiger partial charge in [-0.1, -0.05) is 167 Å². The Morgan fingerprint density at radius 1 is 0.276 bits per heavy atom. The van der Waals surface area contributed by atoms with Gasteiger partial charge >= 0.3 is 0 Å². The van der Waals surface area contributed by atoms with Gasteiger partial charge < -0.3 is 0 Å². The van der Waals surface area contributed by atoms with Crippen molar-refractivity contribution in [3.8, 4) is 66.8 Å². The molecule has 3 aliphatic carbocycles. The molecule has 3 aliphatic rings. The minimum atomic E-state index is -0.0484. The summed E-state index contributed by atoms with van der Waals surface area (Å²) in [6, 6.07) is 65.1. The van der Waals surface area contributed by atoms with Crippen molar-refractivity contribution in [2.75, 3.05) is 0 Å². The van der Waals surface area contributed by atoms with E-state index in [-0.39, 0.29) is 10.8 Å². The highest BCUT2D eigenvalue weighted by Gasteiger charge is 2.37. The highest BCUT2D eigenvalue weighted by atomic mass is 14.4. The van der Waals surface area contributed by atoms with Crippen LogP contribution < -0.4 is 0 Å². The van der Waals surface area contributed by atoms with Gasteiger partial charge in [-0.15, -0.1) is 0 Å². The molecule has 272 valence electrons. The van der Waals surface area contributed by atoms with Crippen LogP contribution in [0.1, 0.15) is 49.9 Å². The minimum absolute atomic E-state index is 0.0476. The summed E-state index contributed by atoms with van der Waals surface area (Å²) in [7, 11) is 0. The second-order valence-electron chi connectivity index (χ2n) is 18.0. The lowest BCUT2D eigenvalue weighted by Gasteiger charge is -2.23. The number of hydrogen-bond donors (Lipinski definition) is 0. The maximum absolute atomic E-state index is 2.55. The quantitative estimate of drug-likeness (QED) is 0.122. The summed E-state index contributed by atoms with van der Waals surface area (Å²) >= 11 is 0. The summed E-state index contributed by atoms with van der Waals surface area (Å²) in [6.45, 7) is 9.49. The third-order valence-corrected chi connectivity index (χ3v) is 14.4. The summed E-state index contributed by atoms with van der Waals surface area (Å²) in [4.78, 5) is 0. The first-order valence-electron chi connectivity index (χ1n) is 20.8. The largest absolute Gasteiger partial charge is 0.0619 e. The molecule has 0 N–H and O–H groups in total. The van der Waals surface area contributed by atoms with Gasteiger partial charge in [0.2, 0.25) is 0 Å². The molecule has 0 atom stereocenters. The third kappa shape index (κ3) is 4.00. The molecule has 0 spiro atoms. The van der Waals surface area contributed by atoms with E-state index in [1.807, 2.05) is 0 Å². The van der Waals surface area contributed by atoms with Gasteiger partial charge in [-0.05, 0) is 162 Å². The van der Waals surface area contributed by atoms with Gasteiger partial charge in [0, 0.05) is 10.8 Å². The van der Waals surface area contributed by atoms with E-state index in [9.17, 15) is 0 Å². The number of rotatable bonds is 2. The molecule has 0 bridgehead atoms. The van der Waals surface area contributed by atoms with Crippen LogP contribution in [0, 0.1) is 0 Å². The fourth-order valence-corrected chi connectivity index (χ4v) is 11.6. The standard InChI is InChI=1S/C58H40/c1-57(2)50-22-11-9-16-37(50)45-29-34(24-26-52(45)57)54-40-18-7-8-19-41(40)55(35-25-27-53-46(30-35)38-17-10-12-23-51(38)58(53,3)4)49-32-44-43(31-48(49)54)42-21-13-20-39-36-15-6-5-14-33(36)28-47(44)56(39)42/h5-32H,1-4H3. The van der Waals surface area contributed by atoms with Crippen LogP contribution in [0.15, 0.2) is 170 Å². The number of hydrogen-bond acceptors (Lipinski definition) is 0. The highest BCUT2D eigenvalue weighted by molar-refractivity contribution is 6.28. The summed E-state index contributed by atoms with van der Waals surface area (Å²) in [5, 5.41) is 10.5. The summed E-state index contributed by atoms with van der Waals surface area (Å²) in [5.41, 5.74) is 21.4. The van der Waals surface area contributed by atoms with Crippen molar-refractivity contribution in [1.82, 2.24) is 0 Å². The molecule has 0 fully saturated rings. The summed E-state index contributed by atoms with van der Waals surface area (Å²) in [6.07, 6.45) is 0. The number of fused-ring (bicyclic) bond motifs is 13. The first-order valence-corrected chi connectivity index (χ1v) is 20.8. The van der Waals surface area contributed by atoms with E-state index in [0.29, 0.717) is 0 Å². The molecule has 0 amide bonds. The number of benzene rings is 10. The van der Waals surface area contributed by atoms with Crippen LogP contribution in [-0.2, 0) is 10.8 Å². The molecule has 0 saturated heterocycles. The smallest absolute Gasteiger partial charge is 0.0158 e. The Balaban J connectivity index is 1.17. The Morgan fingerprint density at radius 2 is 0.724 bits per heavy atom. The molecule has 0 heteroatoms. The first kappa shape index (κ1) is 32.3. The third-order valence-electron chi connectivity index (χ3n) is 14.4. The van der Waals surface area contributed by atoms with Crippen LogP contribution in [0.3, 0.4) is 0 Å². The lowest BCUT2D eigenvalue weighted by atomic mass is 9.80. The van der Waals surface area contributed by atoms with Crippen LogP contribution in [0.2, 0.25) is 0 Å². The molecule has 58 heavy (non-hydrogen) atoms. The van der Waals surface area contributed by atoms with Gasteiger partial charge in [0.1, 0.15) is 0 Å². The van der Waals surface area contributed by atoms with Crippen molar-refractivity contribution < 1.29 is 0 Å². The van der Waals surface area contributed by atoms with Crippen LogP contribution in [0.5, 0.6) is 0 Å². The Labute approximate surface area is 339 Å². The molecule has 0 nitrogen and oxygen atoms in total. The maximum atomic E-state index is 2.55. The minimum Gasteiger partial charge on any atom is -0.0619 e. The second kappa shape index (κ2) is 11.0. The van der Waals surface area contributed by atoms with Crippen LogP contribution in [-0.4, -0.2) is 0 Å². The molecule has 10 aromatic carbocycles. The van der Waals surface area contributed by atoms with Crippen LogP contribution >= 0.6 is 0 Å². The Kier molecular flexibility index (Phi) is 6.13. The fraction of sp³-hybridized carbons (Fsp3) is 0.103. The molecular formula is C58H40. The molecule has 10 aromatic rings. The first-order chi connectivity index (χ1) is 28.3. The van der Waals surface area contributed by atoms with Crippen molar-refractivity contribution in [3.05, 3.63) is 192 Å². The molecule has 0 saturated carbocycles. The lowest BCUT2D eigenvalue weighted by molar-refractivity contribution is 0.660. The Hall–Kier alpha value is -6.76. The van der Waals surface area contributed by atoms with Gasteiger partial charge in [-0.3, -0.25) is 0 Å². The zero-order valence-electron chi connectivity index (χ0n) is 33.2. The van der Waals surface area contributed by atoms with E-state index in [4.69, 9.17) is 0 Å². The molecular weight excluding hydrogens is 697 g/mol.